The van der Waals surface area contributed by atoms with Gasteiger partial charge in [0.1, 0.15) is 0 Å². The van der Waals surface area contributed by atoms with Gasteiger partial charge < -0.3 is 0 Å². The Morgan fingerprint density at radius 3 is 2.64 bits per heavy atom. The van der Waals surface area contributed by atoms with Crippen molar-refractivity contribution in [1.82, 2.24) is 0 Å². The van der Waals surface area contributed by atoms with E-state index in [1.54, 1.807) is 0 Å². The molecule has 0 bridgehead atoms. The average Bonchev–Trinajstić information content (AvgIpc) is 2.25. The topological polar surface area (TPSA) is 0 Å². The zero-order chi connectivity index (χ0) is 10.4. The normalized spacial score (nSPS) is 13.4. The Morgan fingerprint density at radius 2 is 2.00 bits per heavy atom. The van der Waals surface area contributed by atoms with E-state index >= 15 is 0 Å². The smallest absolute Gasteiger partial charge is 0.00947 e. The molecule has 1 rings (SSSR count). The van der Waals surface area contributed by atoms with E-state index in [0.29, 0.717) is 5.92 Å². The molecule has 0 aliphatic heterocycles. The van der Waals surface area contributed by atoms with Gasteiger partial charge in [-0.2, -0.15) is 0 Å². The summed E-state index contributed by atoms with van der Waals surface area (Å²) in [5.41, 5.74) is 2.98. The monoisotopic (exact) mass is 188 g/mol. The highest BCUT2D eigenvalue weighted by Gasteiger charge is 2.06. The summed E-state index contributed by atoms with van der Waals surface area (Å²) in [6, 6.07) is 8.76. The van der Waals surface area contributed by atoms with Crippen LogP contribution < -0.4 is 0 Å². The largest absolute Gasteiger partial charge is 0.0913 e. The van der Waals surface area contributed by atoms with Crippen LogP contribution in [0.1, 0.15) is 44.2 Å². The molecule has 0 fully saturated rings. The van der Waals surface area contributed by atoms with Gasteiger partial charge in [-0.3, -0.25) is 0 Å². The summed E-state index contributed by atoms with van der Waals surface area (Å²) in [4.78, 5) is 0. The minimum Gasteiger partial charge on any atom is -0.0913 e. The molecule has 1 aromatic rings. The first kappa shape index (κ1) is 11.0. The highest BCUT2D eigenvalue weighted by Crippen LogP contribution is 2.22. The minimum absolute atomic E-state index is 0.677. The lowest BCUT2D eigenvalue weighted by atomic mass is 9.92. The molecule has 0 N–H and O–H groups in total. The van der Waals surface area contributed by atoms with Crippen LogP contribution in [0.5, 0.6) is 0 Å². The third-order valence-corrected chi connectivity index (χ3v) is 2.77. The third-order valence-electron chi connectivity index (χ3n) is 2.77. The van der Waals surface area contributed by atoms with Gasteiger partial charge in [0.2, 0.25) is 0 Å². The lowest BCUT2D eigenvalue weighted by molar-refractivity contribution is 0.725. The molecule has 0 heteroatoms. The van der Waals surface area contributed by atoms with Crippen LogP contribution in [0.25, 0.3) is 0 Å². The van der Waals surface area contributed by atoms with E-state index in [4.69, 9.17) is 0 Å². The van der Waals surface area contributed by atoms with E-state index in [2.05, 4.69) is 57.2 Å². The van der Waals surface area contributed by atoms with Crippen LogP contribution in [-0.2, 0) is 6.42 Å². The maximum Gasteiger partial charge on any atom is -0.00947 e. The van der Waals surface area contributed by atoms with Crippen LogP contribution in [0.3, 0.4) is 0 Å². The second-order valence-corrected chi connectivity index (χ2v) is 3.78. The van der Waals surface area contributed by atoms with Crippen molar-refractivity contribution >= 4 is 0 Å². The maximum atomic E-state index is 2.30. The molecule has 0 radical (unpaired) electrons. The molecule has 0 nitrogen and oxygen atoms in total. The number of hydrogen-bond acceptors (Lipinski definition) is 0. The van der Waals surface area contributed by atoms with E-state index in [0.717, 1.165) is 6.42 Å². The van der Waals surface area contributed by atoms with Crippen molar-refractivity contribution in [2.24, 2.45) is 0 Å². The van der Waals surface area contributed by atoms with Crippen molar-refractivity contribution in [3.05, 3.63) is 47.5 Å². The van der Waals surface area contributed by atoms with Crippen LogP contribution in [0.15, 0.2) is 36.4 Å². The minimum atomic E-state index is 0.677. The van der Waals surface area contributed by atoms with Crippen molar-refractivity contribution in [1.29, 1.82) is 0 Å². The van der Waals surface area contributed by atoms with Gasteiger partial charge in [-0.25, -0.2) is 0 Å². The van der Waals surface area contributed by atoms with Gasteiger partial charge >= 0.3 is 0 Å². The Hall–Kier alpha value is -1.04. The molecule has 0 saturated carbocycles. The van der Waals surface area contributed by atoms with Gasteiger partial charge in [0.25, 0.3) is 0 Å². The van der Waals surface area contributed by atoms with Crippen LogP contribution >= 0.6 is 0 Å². The molecule has 0 heterocycles. The second-order valence-electron chi connectivity index (χ2n) is 3.78. The molecule has 76 valence electrons. The van der Waals surface area contributed by atoms with Gasteiger partial charge in [0.05, 0.1) is 0 Å². The Kier molecular flexibility index (Phi) is 4.45. The van der Waals surface area contributed by atoms with Crippen LogP contribution in [-0.4, -0.2) is 0 Å². The summed E-state index contributed by atoms with van der Waals surface area (Å²) >= 11 is 0. The fourth-order valence-corrected chi connectivity index (χ4v) is 1.67. The summed E-state index contributed by atoms with van der Waals surface area (Å²) in [6.07, 6.45) is 6.62. The summed E-state index contributed by atoms with van der Waals surface area (Å²) < 4.78 is 0. The molecule has 0 amide bonds. The summed E-state index contributed by atoms with van der Waals surface area (Å²) in [5, 5.41) is 0. The van der Waals surface area contributed by atoms with Crippen LogP contribution in [0, 0.1) is 0 Å². The number of allylic oxidation sites excluding steroid dienone is 2. The van der Waals surface area contributed by atoms with Crippen molar-refractivity contribution in [2.45, 2.75) is 39.5 Å². The molecule has 1 unspecified atom stereocenters. The molecule has 0 saturated heterocycles. The SMILES string of the molecule is CC=CCc1ccccc1C(C)CC. The predicted octanol–water partition coefficient (Wildman–Crippen LogP) is 4.32. The van der Waals surface area contributed by atoms with Crippen molar-refractivity contribution in [3.63, 3.8) is 0 Å². The molecule has 1 aromatic carbocycles. The fraction of sp³-hybridized carbons (Fsp3) is 0.429. The van der Waals surface area contributed by atoms with Gasteiger partial charge in [-0.15, -0.1) is 0 Å². The lowest BCUT2D eigenvalue weighted by Gasteiger charge is -2.13. The Morgan fingerprint density at radius 1 is 1.29 bits per heavy atom. The van der Waals surface area contributed by atoms with Crippen molar-refractivity contribution < 1.29 is 0 Å². The quantitative estimate of drug-likeness (QED) is 0.617. The van der Waals surface area contributed by atoms with E-state index in [1.165, 1.54) is 17.5 Å². The summed E-state index contributed by atoms with van der Waals surface area (Å²) in [7, 11) is 0. The molecule has 0 aromatic heterocycles. The zero-order valence-electron chi connectivity index (χ0n) is 9.46. The van der Waals surface area contributed by atoms with Crippen molar-refractivity contribution in [3.8, 4) is 0 Å². The van der Waals surface area contributed by atoms with E-state index in [-0.39, 0.29) is 0 Å². The molecule has 14 heavy (non-hydrogen) atoms. The van der Waals surface area contributed by atoms with Crippen molar-refractivity contribution in [2.75, 3.05) is 0 Å². The number of benzene rings is 1. The maximum absolute atomic E-state index is 2.30. The highest BCUT2D eigenvalue weighted by atomic mass is 14.1. The summed E-state index contributed by atoms with van der Waals surface area (Å²) in [5.74, 6) is 0.677. The number of rotatable bonds is 4. The van der Waals surface area contributed by atoms with E-state index in [9.17, 15) is 0 Å². The lowest BCUT2D eigenvalue weighted by Crippen LogP contribution is -1.97. The van der Waals surface area contributed by atoms with Crippen LogP contribution in [0.4, 0.5) is 0 Å². The van der Waals surface area contributed by atoms with E-state index in [1.807, 2.05) is 0 Å². The fourth-order valence-electron chi connectivity index (χ4n) is 1.67. The Bertz CT molecular complexity index is 297. The Labute approximate surface area is 87.7 Å². The third kappa shape index (κ3) is 2.73. The molecular weight excluding hydrogens is 168 g/mol. The highest BCUT2D eigenvalue weighted by molar-refractivity contribution is 5.31. The molecule has 0 aliphatic rings. The summed E-state index contributed by atoms with van der Waals surface area (Å²) in [6.45, 7) is 6.62. The van der Waals surface area contributed by atoms with Crippen LogP contribution in [0.2, 0.25) is 0 Å². The van der Waals surface area contributed by atoms with Gasteiger partial charge in [0, 0.05) is 0 Å². The molecule has 0 spiro atoms. The standard InChI is InChI=1S/C14H20/c1-4-6-9-13-10-7-8-11-14(13)12(3)5-2/h4,6-8,10-12H,5,9H2,1-3H3. The average molecular weight is 188 g/mol. The first-order chi connectivity index (χ1) is 6.79. The van der Waals surface area contributed by atoms with Gasteiger partial charge in [0.15, 0.2) is 0 Å². The molecule has 1 atom stereocenters. The number of hydrogen-bond donors (Lipinski definition) is 0. The second kappa shape index (κ2) is 5.64. The predicted molar refractivity (Wildman–Crippen MR) is 63.7 cm³/mol. The molecule has 0 aliphatic carbocycles. The first-order valence-corrected chi connectivity index (χ1v) is 5.48. The molecular formula is C14H20. The van der Waals surface area contributed by atoms with Gasteiger partial charge in [-0.05, 0) is 36.8 Å². The first-order valence-electron chi connectivity index (χ1n) is 5.48. The zero-order valence-corrected chi connectivity index (χ0v) is 9.46. The van der Waals surface area contributed by atoms with E-state index < -0.39 is 0 Å². The van der Waals surface area contributed by atoms with Gasteiger partial charge in [-0.1, -0.05) is 50.3 Å². The Balaban J connectivity index is 2.90.